The van der Waals surface area contributed by atoms with Gasteiger partial charge in [0.15, 0.2) is 0 Å². The van der Waals surface area contributed by atoms with Crippen LogP contribution in [-0.2, 0) is 4.74 Å². The average molecular weight is 235 g/mol. The van der Waals surface area contributed by atoms with Crippen LogP contribution < -0.4 is 10.1 Å². The normalized spacial score (nSPS) is 19.5. The zero-order valence-corrected chi connectivity index (χ0v) is 10.4. The number of rotatable bonds is 6. The number of para-hydroxylation sites is 1. The van der Waals surface area contributed by atoms with E-state index in [1.165, 1.54) is 18.4 Å². The molecule has 1 aliphatic heterocycles. The Morgan fingerprint density at radius 2 is 2.29 bits per heavy atom. The molecule has 3 nitrogen and oxygen atoms in total. The van der Waals surface area contributed by atoms with Gasteiger partial charge >= 0.3 is 0 Å². The van der Waals surface area contributed by atoms with Crippen molar-refractivity contribution in [2.24, 2.45) is 0 Å². The lowest BCUT2D eigenvalue weighted by Gasteiger charge is -2.12. The van der Waals surface area contributed by atoms with Crippen LogP contribution in [-0.4, -0.2) is 32.4 Å². The fourth-order valence-corrected chi connectivity index (χ4v) is 2.02. The minimum Gasteiger partial charge on any atom is -0.492 e. The molecular formula is C14H21NO2. The van der Waals surface area contributed by atoms with Crippen molar-refractivity contribution in [3.05, 3.63) is 29.8 Å². The summed E-state index contributed by atoms with van der Waals surface area (Å²) in [5.41, 5.74) is 1.19. The summed E-state index contributed by atoms with van der Waals surface area (Å²) in [7, 11) is 0. The van der Waals surface area contributed by atoms with Crippen LogP contribution in [0.2, 0.25) is 0 Å². The average Bonchev–Trinajstić information content (AvgIpc) is 2.84. The highest BCUT2D eigenvalue weighted by molar-refractivity contribution is 5.31. The number of aryl methyl sites for hydroxylation is 1. The van der Waals surface area contributed by atoms with Crippen LogP contribution in [0, 0.1) is 6.92 Å². The maximum Gasteiger partial charge on any atom is 0.122 e. The fraction of sp³-hybridized carbons (Fsp3) is 0.571. The Hall–Kier alpha value is -1.06. The summed E-state index contributed by atoms with van der Waals surface area (Å²) < 4.78 is 11.2. The van der Waals surface area contributed by atoms with Crippen molar-refractivity contribution >= 4 is 0 Å². The molecule has 0 aromatic heterocycles. The van der Waals surface area contributed by atoms with Crippen molar-refractivity contribution in [3.8, 4) is 5.75 Å². The first-order valence-corrected chi connectivity index (χ1v) is 6.37. The third-order valence-corrected chi connectivity index (χ3v) is 3.03. The zero-order chi connectivity index (χ0) is 11.9. The molecule has 1 aliphatic rings. The molecule has 0 amide bonds. The molecule has 1 fully saturated rings. The first-order chi connectivity index (χ1) is 8.36. The smallest absolute Gasteiger partial charge is 0.122 e. The Labute approximate surface area is 103 Å². The van der Waals surface area contributed by atoms with E-state index in [-0.39, 0.29) is 0 Å². The van der Waals surface area contributed by atoms with Gasteiger partial charge in [-0.15, -0.1) is 0 Å². The molecule has 3 heteroatoms. The van der Waals surface area contributed by atoms with Gasteiger partial charge in [0.1, 0.15) is 12.4 Å². The van der Waals surface area contributed by atoms with Crippen molar-refractivity contribution in [2.75, 3.05) is 26.3 Å². The minimum atomic E-state index is 0.411. The van der Waals surface area contributed by atoms with Crippen LogP contribution in [0.25, 0.3) is 0 Å². The monoisotopic (exact) mass is 235 g/mol. The third kappa shape index (κ3) is 4.02. The second-order valence-corrected chi connectivity index (χ2v) is 4.45. The summed E-state index contributed by atoms with van der Waals surface area (Å²) in [5.74, 6) is 0.978. The van der Waals surface area contributed by atoms with E-state index in [1.807, 2.05) is 18.2 Å². The molecule has 1 atom stereocenters. The van der Waals surface area contributed by atoms with Crippen molar-refractivity contribution in [1.82, 2.24) is 5.32 Å². The Bertz CT molecular complexity index is 335. The molecule has 1 saturated heterocycles. The molecule has 0 spiro atoms. The molecule has 0 bridgehead atoms. The number of hydrogen-bond acceptors (Lipinski definition) is 3. The molecular weight excluding hydrogens is 214 g/mol. The molecule has 0 radical (unpaired) electrons. The van der Waals surface area contributed by atoms with Gasteiger partial charge in [-0.05, 0) is 31.4 Å². The van der Waals surface area contributed by atoms with Crippen molar-refractivity contribution in [2.45, 2.75) is 25.9 Å². The summed E-state index contributed by atoms with van der Waals surface area (Å²) in [6, 6.07) is 8.10. The Morgan fingerprint density at radius 1 is 1.41 bits per heavy atom. The van der Waals surface area contributed by atoms with Gasteiger partial charge in [0, 0.05) is 19.7 Å². The highest BCUT2D eigenvalue weighted by atomic mass is 16.5. The summed E-state index contributed by atoms with van der Waals surface area (Å²) in [6.45, 7) is 5.50. The fourth-order valence-electron chi connectivity index (χ4n) is 2.02. The molecule has 1 unspecified atom stereocenters. The van der Waals surface area contributed by atoms with Gasteiger partial charge in [-0.3, -0.25) is 0 Å². The van der Waals surface area contributed by atoms with E-state index < -0.39 is 0 Å². The quantitative estimate of drug-likeness (QED) is 0.766. The van der Waals surface area contributed by atoms with Gasteiger partial charge in [-0.2, -0.15) is 0 Å². The maximum atomic E-state index is 5.70. The molecule has 17 heavy (non-hydrogen) atoms. The molecule has 1 N–H and O–H groups in total. The SMILES string of the molecule is Cc1ccccc1OCCNCC1CCCO1. The van der Waals surface area contributed by atoms with Crippen molar-refractivity contribution < 1.29 is 9.47 Å². The second-order valence-electron chi connectivity index (χ2n) is 4.45. The topological polar surface area (TPSA) is 30.5 Å². The summed E-state index contributed by atoms with van der Waals surface area (Å²) in [5, 5.41) is 3.37. The van der Waals surface area contributed by atoms with Crippen molar-refractivity contribution in [3.63, 3.8) is 0 Å². The van der Waals surface area contributed by atoms with Crippen molar-refractivity contribution in [1.29, 1.82) is 0 Å². The summed E-state index contributed by atoms with van der Waals surface area (Å²) in [4.78, 5) is 0. The van der Waals surface area contributed by atoms with Gasteiger partial charge in [-0.25, -0.2) is 0 Å². The number of nitrogens with one attached hydrogen (secondary N) is 1. The molecule has 1 heterocycles. The van der Waals surface area contributed by atoms with E-state index in [0.29, 0.717) is 12.7 Å². The lowest BCUT2D eigenvalue weighted by Crippen LogP contribution is -2.29. The van der Waals surface area contributed by atoms with Gasteiger partial charge in [-0.1, -0.05) is 18.2 Å². The van der Waals surface area contributed by atoms with E-state index in [2.05, 4.69) is 18.3 Å². The lowest BCUT2D eigenvalue weighted by atomic mass is 10.2. The number of ether oxygens (including phenoxy) is 2. The first kappa shape index (κ1) is 12.4. The van der Waals surface area contributed by atoms with Crippen LogP contribution >= 0.6 is 0 Å². The number of hydrogen-bond donors (Lipinski definition) is 1. The van der Waals surface area contributed by atoms with Crippen LogP contribution in [0.3, 0.4) is 0 Å². The van der Waals surface area contributed by atoms with Crippen LogP contribution in [0.5, 0.6) is 5.75 Å². The van der Waals surface area contributed by atoms with Gasteiger partial charge in [0.05, 0.1) is 6.10 Å². The van der Waals surface area contributed by atoms with E-state index in [1.54, 1.807) is 0 Å². The predicted octanol–water partition coefficient (Wildman–Crippen LogP) is 2.14. The number of benzene rings is 1. The van der Waals surface area contributed by atoms with Gasteiger partial charge in [0.2, 0.25) is 0 Å². The molecule has 2 rings (SSSR count). The predicted molar refractivity (Wildman–Crippen MR) is 68.5 cm³/mol. The standard InChI is InChI=1S/C14H21NO2/c1-12-5-2-3-7-14(12)17-10-8-15-11-13-6-4-9-16-13/h2-3,5,7,13,15H,4,6,8-11H2,1H3. The van der Waals surface area contributed by atoms with Gasteiger partial charge in [0.25, 0.3) is 0 Å². The second kappa shape index (κ2) is 6.62. The minimum absolute atomic E-state index is 0.411. The van der Waals surface area contributed by atoms with E-state index >= 15 is 0 Å². The molecule has 1 aromatic carbocycles. The Balaban J connectivity index is 1.58. The molecule has 0 aliphatic carbocycles. The van der Waals surface area contributed by atoms with E-state index in [0.717, 1.165) is 25.4 Å². The third-order valence-electron chi connectivity index (χ3n) is 3.03. The molecule has 1 aromatic rings. The lowest BCUT2D eigenvalue weighted by molar-refractivity contribution is 0.109. The molecule has 94 valence electrons. The highest BCUT2D eigenvalue weighted by Crippen LogP contribution is 2.15. The van der Waals surface area contributed by atoms with Crippen LogP contribution in [0.1, 0.15) is 18.4 Å². The maximum absolute atomic E-state index is 5.70. The zero-order valence-electron chi connectivity index (χ0n) is 10.4. The van der Waals surface area contributed by atoms with Crippen LogP contribution in [0.4, 0.5) is 0 Å². The summed E-state index contributed by atoms with van der Waals surface area (Å²) in [6.07, 6.45) is 2.80. The highest BCUT2D eigenvalue weighted by Gasteiger charge is 2.14. The van der Waals surface area contributed by atoms with Crippen LogP contribution in [0.15, 0.2) is 24.3 Å². The summed E-state index contributed by atoms with van der Waals surface area (Å²) >= 11 is 0. The van der Waals surface area contributed by atoms with E-state index in [9.17, 15) is 0 Å². The van der Waals surface area contributed by atoms with E-state index in [4.69, 9.17) is 9.47 Å². The first-order valence-electron chi connectivity index (χ1n) is 6.37. The Morgan fingerprint density at radius 3 is 3.06 bits per heavy atom. The van der Waals surface area contributed by atoms with Gasteiger partial charge < -0.3 is 14.8 Å². The molecule has 0 saturated carbocycles. The Kier molecular flexibility index (Phi) is 4.83. The largest absolute Gasteiger partial charge is 0.492 e.